The molecule has 0 aliphatic carbocycles. The van der Waals surface area contributed by atoms with Crippen LogP contribution in [0.25, 0.3) is 0 Å². The first-order valence-corrected chi connectivity index (χ1v) is 3.97. The predicted molar refractivity (Wildman–Crippen MR) is 43.5 cm³/mol. The molecule has 3 nitrogen and oxygen atoms in total. The number of methoxy groups -OCH3 is 1. The minimum absolute atomic E-state index is 0.0688. The Balaban J connectivity index is 2.57. The van der Waals surface area contributed by atoms with E-state index in [9.17, 15) is 0 Å². The van der Waals surface area contributed by atoms with Gasteiger partial charge in [-0.2, -0.15) is 0 Å². The monoisotopic (exact) mass is 159 g/mol. The van der Waals surface area contributed by atoms with Gasteiger partial charge in [0.15, 0.2) is 0 Å². The Morgan fingerprint density at radius 2 is 2.36 bits per heavy atom. The molecule has 1 saturated heterocycles. The minimum atomic E-state index is -0.0688. The average molecular weight is 159 g/mol. The second-order valence-electron chi connectivity index (χ2n) is 3.60. The Morgan fingerprint density at radius 1 is 1.73 bits per heavy atom. The van der Waals surface area contributed by atoms with Crippen molar-refractivity contribution in [2.24, 2.45) is 0 Å². The Kier molecular flexibility index (Phi) is 2.52. The van der Waals surface area contributed by atoms with Gasteiger partial charge in [-0.1, -0.05) is 0 Å². The lowest BCUT2D eigenvalue weighted by Gasteiger charge is -2.29. The molecule has 0 spiro atoms. The number of ether oxygens (including phenoxy) is 1. The van der Waals surface area contributed by atoms with Crippen molar-refractivity contribution < 1.29 is 9.84 Å². The second kappa shape index (κ2) is 3.09. The smallest absolute Gasteiger partial charge is 0.0716 e. The highest BCUT2D eigenvalue weighted by molar-refractivity contribution is 4.94. The van der Waals surface area contributed by atoms with Gasteiger partial charge in [0.05, 0.1) is 12.7 Å². The van der Waals surface area contributed by atoms with E-state index < -0.39 is 0 Å². The number of likely N-dealkylation sites (tertiary alicyclic amines) is 1. The number of nitrogens with zero attached hydrogens (tertiary/aromatic N) is 1. The third-order valence-corrected chi connectivity index (χ3v) is 2.74. The maximum absolute atomic E-state index is 9.11. The fourth-order valence-electron chi connectivity index (χ4n) is 1.58. The lowest BCUT2D eigenvalue weighted by atomic mass is 10.00. The summed E-state index contributed by atoms with van der Waals surface area (Å²) in [5.41, 5.74) is -0.0688. The van der Waals surface area contributed by atoms with Gasteiger partial charge in [-0.05, 0) is 20.4 Å². The Hall–Kier alpha value is -0.120. The van der Waals surface area contributed by atoms with E-state index in [0.29, 0.717) is 0 Å². The topological polar surface area (TPSA) is 32.7 Å². The van der Waals surface area contributed by atoms with Crippen LogP contribution in [-0.4, -0.2) is 49.0 Å². The highest BCUT2D eigenvalue weighted by Crippen LogP contribution is 2.28. The van der Waals surface area contributed by atoms with Gasteiger partial charge < -0.3 is 9.84 Å². The molecule has 1 N–H and O–H groups in total. The Labute approximate surface area is 68.0 Å². The summed E-state index contributed by atoms with van der Waals surface area (Å²) >= 11 is 0. The maximum atomic E-state index is 9.11. The van der Waals surface area contributed by atoms with Crippen LogP contribution in [0.1, 0.15) is 13.3 Å². The third kappa shape index (κ3) is 1.55. The van der Waals surface area contributed by atoms with E-state index in [0.717, 1.165) is 13.0 Å². The zero-order chi connectivity index (χ0) is 8.48. The van der Waals surface area contributed by atoms with Crippen LogP contribution in [0.4, 0.5) is 0 Å². The summed E-state index contributed by atoms with van der Waals surface area (Å²) in [4.78, 5) is 2.15. The SMILES string of the molecule is CO[C@H]1CN(C)[C@@](C)(CO)C1. The van der Waals surface area contributed by atoms with Gasteiger partial charge in [0.2, 0.25) is 0 Å². The molecule has 1 aliphatic rings. The molecule has 1 rings (SSSR count). The van der Waals surface area contributed by atoms with Crippen LogP contribution in [0, 0.1) is 0 Å². The number of rotatable bonds is 2. The van der Waals surface area contributed by atoms with Gasteiger partial charge in [0, 0.05) is 19.2 Å². The molecular formula is C8H17NO2. The molecule has 66 valence electrons. The van der Waals surface area contributed by atoms with Gasteiger partial charge in [-0.3, -0.25) is 4.90 Å². The summed E-state index contributed by atoms with van der Waals surface area (Å²) in [6.45, 7) is 3.20. The number of aliphatic hydroxyl groups is 1. The van der Waals surface area contributed by atoms with Crippen LogP contribution in [0.5, 0.6) is 0 Å². The van der Waals surface area contributed by atoms with E-state index in [1.165, 1.54) is 0 Å². The molecule has 2 atom stereocenters. The van der Waals surface area contributed by atoms with Crippen molar-refractivity contribution >= 4 is 0 Å². The summed E-state index contributed by atoms with van der Waals surface area (Å²) in [6, 6.07) is 0. The number of aliphatic hydroxyl groups excluding tert-OH is 1. The molecule has 0 bridgehead atoms. The summed E-state index contributed by atoms with van der Waals surface area (Å²) in [5.74, 6) is 0. The normalized spacial score (nSPS) is 39.8. The van der Waals surface area contributed by atoms with Crippen LogP contribution in [0.15, 0.2) is 0 Å². The zero-order valence-corrected chi connectivity index (χ0v) is 7.50. The second-order valence-corrected chi connectivity index (χ2v) is 3.60. The molecule has 1 heterocycles. The van der Waals surface area contributed by atoms with Gasteiger partial charge in [0.1, 0.15) is 0 Å². The first-order chi connectivity index (χ1) is 5.12. The number of likely N-dealkylation sites (N-methyl/N-ethyl adjacent to an activating group) is 1. The van der Waals surface area contributed by atoms with E-state index >= 15 is 0 Å². The molecule has 0 aromatic rings. The standard InChI is InChI=1S/C8H17NO2/c1-8(6-10)4-7(11-3)5-9(8)2/h7,10H,4-6H2,1-3H3/t7-,8-/m1/s1. The molecule has 0 amide bonds. The molecule has 1 aliphatic heterocycles. The largest absolute Gasteiger partial charge is 0.394 e. The van der Waals surface area contributed by atoms with Crippen LogP contribution in [-0.2, 0) is 4.74 Å². The highest BCUT2D eigenvalue weighted by Gasteiger charge is 2.39. The lowest BCUT2D eigenvalue weighted by molar-refractivity contribution is 0.0962. The van der Waals surface area contributed by atoms with Crippen LogP contribution in [0.3, 0.4) is 0 Å². The molecule has 0 saturated carbocycles. The highest BCUT2D eigenvalue weighted by atomic mass is 16.5. The van der Waals surface area contributed by atoms with Crippen molar-refractivity contribution in [1.82, 2.24) is 4.90 Å². The summed E-state index contributed by atoms with van der Waals surface area (Å²) < 4.78 is 5.23. The van der Waals surface area contributed by atoms with Crippen molar-refractivity contribution in [3.63, 3.8) is 0 Å². The molecule has 1 fully saturated rings. The van der Waals surface area contributed by atoms with E-state index in [2.05, 4.69) is 11.8 Å². The Bertz CT molecular complexity index is 140. The van der Waals surface area contributed by atoms with Crippen LogP contribution in [0.2, 0.25) is 0 Å². The van der Waals surface area contributed by atoms with Crippen molar-refractivity contribution in [2.75, 3.05) is 27.3 Å². The first-order valence-electron chi connectivity index (χ1n) is 3.97. The van der Waals surface area contributed by atoms with Crippen LogP contribution >= 0.6 is 0 Å². The summed E-state index contributed by atoms with van der Waals surface area (Å²) in [5, 5.41) is 9.11. The van der Waals surface area contributed by atoms with E-state index in [1.807, 2.05) is 7.05 Å². The summed E-state index contributed by atoms with van der Waals surface area (Å²) in [6.07, 6.45) is 1.22. The molecular weight excluding hydrogens is 142 g/mol. The van der Waals surface area contributed by atoms with Crippen LogP contribution < -0.4 is 0 Å². The van der Waals surface area contributed by atoms with Gasteiger partial charge in [0.25, 0.3) is 0 Å². The fraction of sp³-hybridized carbons (Fsp3) is 1.00. The van der Waals surface area contributed by atoms with Crippen molar-refractivity contribution in [3.8, 4) is 0 Å². The maximum Gasteiger partial charge on any atom is 0.0716 e. The van der Waals surface area contributed by atoms with Crippen molar-refractivity contribution in [2.45, 2.75) is 25.0 Å². The Morgan fingerprint density at radius 3 is 2.64 bits per heavy atom. The predicted octanol–water partition coefficient (Wildman–Crippen LogP) is 0.0879. The van der Waals surface area contributed by atoms with E-state index in [4.69, 9.17) is 9.84 Å². The number of hydrogen-bond acceptors (Lipinski definition) is 3. The van der Waals surface area contributed by atoms with E-state index in [-0.39, 0.29) is 18.2 Å². The minimum Gasteiger partial charge on any atom is -0.394 e. The fourth-order valence-corrected chi connectivity index (χ4v) is 1.58. The lowest BCUT2D eigenvalue weighted by Crippen LogP contribution is -2.41. The summed E-state index contributed by atoms with van der Waals surface area (Å²) in [7, 11) is 3.75. The third-order valence-electron chi connectivity index (χ3n) is 2.74. The van der Waals surface area contributed by atoms with Gasteiger partial charge in [-0.25, -0.2) is 0 Å². The van der Waals surface area contributed by atoms with Crippen molar-refractivity contribution in [1.29, 1.82) is 0 Å². The average Bonchev–Trinajstić information content (AvgIpc) is 2.29. The molecule has 0 aromatic carbocycles. The quantitative estimate of drug-likeness (QED) is 0.619. The molecule has 0 unspecified atom stereocenters. The first kappa shape index (κ1) is 8.97. The van der Waals surface area contributed by atoms with Gasteiger partial charge >= 0.3 is 0 Å². The molecule has 0 radical (unpaired) electrons. The van der Waals surface area contributed by atoms with Crippen molar-refractivity contribution in [3.05, 3.63) is 0 Å². The molecule has 0 aromatic heterocycles. The molecule has 3 heteroatoms. The number of hydrogen-bond donors (Lipinski definition) is 1. The zero-order valence-electron chi connectivity index (χ0n) is 7.50. The van der Waals surface area contributed by atoms with E-state index in [1.54, 1.807) is 7.11 Å². The van der Waals surface area contributed by atoms with Gasteiger partial charge in [-0.15, -0.1) is 0 Å². The molecule has 11 heavy (non-hydrogen) atoms.